The Kier molecular flexibility index (Phi) is 9.75. The van der Waals surface area contributed by atoms with Crippen LogP contribution in [0.2, 0.25) is 5.02 Å². The molecule has 0 saturated carbocycles. The van der Waals surface area contributed by atoms with Gasteiger partial charge in [0.1, 0.15) is 12.6 Å². The van der Waals surface area contributed by atoms with Gasteiger partial charge in [0.05, 0.1) is 11.9 Å². The third kappa shape index (κ3) is 8.01. The first-order chi connectivity index (χ1) is 15.4. The Hall–Kier alpha value is -2.10. The van der Waals surface area contributed by atoms with Crippen molar-refractivity contribution < 1.29 is 18.0 Å². The van der Waals surface area contributed by atoms with E-state index < -0.39 is 28.5 Å². The normalized spacial score (nSPS) is 13.2. The third-order valence-corrected chi connectivity index (χ3v) is 7.11. The molecule has 0 unspecified atom stereocenters. The first kappa shape index (κ1) is 27.1. The van der Waals surface area contributed by atoms with Crippen molar-refractivity contribution in [1.82, 2.24) is 10.2 Å². The summed E-state index contributed by atoms with van der Waals surface area (Å²) in [6, 6.07) is 12.8. The van der Waals surface area contributed by atoms with Crippen molar-refractivity contribution in [3.8, 4) is 0 Å². The number of benzene rings is 2. The van der Waals surface area contributed by atoms with Gasteiger partial charge in [-0.3, -0.25) is 13.9 Å². The summed E-state index contributed by atoms with van der Waals surface area (Å²) in [5.74, 6) is -0.807. The van der Waals surface area contributed by atoms with Gasteiger partial charge in [-0.15, -0.1) is 0 Å². The predicted molar refractivity (Wildman–Crippen MR) is 136 cm³/mol. The Balaban J connectivity index is 2.37. The van der Waals surface area contributed by atoms with Crippen LogP contribution in [-0.4, -0.2) is 50.0 Å². The van der Waals surface area contributed by atoms with Crippen molar-refractivity contribution in [2.75, 3.05) is 17.1 Å². The van der Waals surface area contributed by atoms with Gasteiger partial charge in [0, 0.05) is 22.1 Å². The van der Waals surface area contributed by atoms with Gasteiger partial charge in [0.25, 0.3) is 0 Å². The number of halogens is 2. The van der Waals surface area contributed by atoms with Crippen molar-refractivity contribution >= 4 is 55.1 Å². The van der Waals surface area contributed by atoms with E-state index >= 15 is 0 Å². The van der Waals surface area contributed by atoms with Crippen LogP contribution in [-0.2, 0) is 26.2 Å². The second-order valence-electron chi connectivity index (χ2n) is 7.89. The Morgan fingerprint density at radius 2 is 1.76 bits per heavy atom. The molecule has 2 rings (SSSR count). The van der Waals surface area contributed by atoms with Crippen LogP contribution in [0, 0.1) is 0 Å². The molecule has 0 aliphatic heterocycles. The monoisotopic (exact) mass is 557 g/mol. The van der Waals surface area contributed by atoms with E-state index in [4.69, 9.17) is 11.6 Å². The fourth-order valence-electron chi connectivity index (χ4n) is 3.08. The summed E-state index contributed by atoms with van der Waals surface area (Å²) in [5.41, 5.74) is 1.09. The second kappa shape index (κ2) is 11.9. The number of nitrogens with zero attached hydrogens (tertiary/aromatic N) is 2. The number of hydrogen-bond acceptors (Lipinski definition) is 4. The molecule has 0 radical (unpaired) electrons. The number of carbonyl (C=O) groups excluding carboxylic acids is 2. The maximum absolute atomic E-state index is 13.4. The smallest absolute Gasteiger partial charge is 0.244 e. The van der Waals surface area contributed by atoms with Crippen LogP contribution in [0.25, 0.3) is 0 Å². The topological polar surface area (TPSA) is 86.8 Å². The number of nitrogens with one attached hydrogen (secondary N) is 1. The van der Waals surface area contributed by atoms with Crippen molar-refractivity contribution in [3.63, 3.8) is 0 Å². The molecule has 0 aromatic heterocycles. The highest BCUT2D eigenvalue weighted by Gasteiger charge is 2.30. The largest absolute Gasteiger partial charge is 0.352 e. The molecule has 10 heteroatoms. The Labute approximate surface area is 209 Å². The highest BCUT2D eigenvalue weighted by atomic mass is 79.9. The van der Waals surface area contributed by atoms with Crippen molar-refractivity contribution in [2.45, 2.75) is 45.8 Å². The maximum Gasteiger partial charge on any atom is 0.244 e. The predicted octanol–water partition coefficient (Wildman–Crippen LogP) is 4.20. The molecule has 2 amide bonds. The number of carbonyl (C=O) groups is 2. The van der Waals surface area contributed by atoms with Gasteiger partial charge in [-0.25, -0.2) is 8.42 Å². The molecule has 180 valence electrons. The molecule has 0 aliphatic carbocycles. The van der Waals surface area contributed by atoms with Crippen LogP contribution < -0.4 is 9.62 Å². The lowest BCUT2D eigenvalue weighted by Crippen LogP contribution is -2.52. The minimum atomic E-state index is -3.79. The zero-order chi connectivity index (χ0) is 24.8. The van der Waals surface area contributed by atoms with Crippen LogP contribution in [0.4, 0.5) is 5.69 Å². The van der Waals surface area contributed by atoms with Gasteiger partial charge in [-0.1, -0.05) is 52.7 Å². The van der Waals surface area contributed by atoms with Crippen LogP contribution in [0.15, 0.2) is 53.0 Å². The lowest BCUT2D eigenvalue weighted by molar-refractivity contribution is -0.139. The van der Waals surface area contributed by atoms with E-state index in [-0.39, 0.29) is 24.2 Å². The number of hydrogen-bond donors (Lipinski definition) is 1. The van der Waals surface area contributed by atoms with Gasteiger partial charge in [0.15, 0.2) is 0 Å². The molecule has 33 heavy (non-hydrogen) atoms. The molecule has 0 aliphatic rings. The fourth-order valence-corrected chi connectivity index (χ4v) is 4.37. The minimum absolute atomic E-state index is 0.0523. The number of sulfonamides is 1. The first-order valence-electron chi connectivity index (χ1n) is 10.5. The molecule has 7 nitrogen and oxygen atoms in total. The Morgan fingerprint density at radius 3 is 2.30 bits per heavy atom. The average Bonchev–Trinajstić information content (AvgIpc) is 2.75. The van der Waals surface area contributed by atoms with Crippen molar-refractivity contribution in [1.29, 1.82) is 0 Å². The summed E-state index contributed by atoms with van der Waals surface area (Å²) in [7, 11) is -3.79. The zero-order valence-electron chi connectivity index (χ0n) is 19.1. The highest BCUT2D eigenvalue weighted by molar-refractivity contribution is 9.10. The number of rotatable bonds is 10. The van der Waals surface area contributed by atoms with E-state index in [0.29, 0.717) is 5.02 Å². The quantitative estimate of drug-likeness (QED) is 0.474. The molecule has 2 atom stereocenters. The summed E-state index contributed by atoms with van der Waals surface area (Å²) in [6.45, 7) is 5.16. The van der Waals surface area contributed by atoms with Crippen molar-refractivity contribution in [3.05, 3.63) is 63.6 Å². The Bertz CT molecular complexity index is 1080. The molecule has 0 spiro atoms. The highest BCUT2D eigenvalue weighted by Crippen LogP contribution is 2.23. The summed E-state index contributed by atoms with van der Waals surface area (Å²) < 4.78 is 26.9. The lowest BCUT2D eigenvalue weighted by atomic mass is 10.1. The van der Waals surface area contributed by atoms with Crippen LogP contribution in [0.1, 0.15) is 32.8 Å². The lowest BCUT2D eigenvalue weighted by Gasteiger charge is -2.32. The van der Waals surface area contributed by atoms with Gasteiger partial charge in [-0.2, -0.15) is 0 Å². The third-order valence-electron chi connectivity index (χ3n) is 5.21. The molecular weight excluding hydrogens is 530 g/mol. The molecular formula is C23H29BrClN3O4S. The molecule has 0 heterocycles. The van der Waals surface area contributed by atoms with E-state index in [0.717, 1.165) is 27.0 Å². The van der Waals surface area contributed by atoms with E-state index in [1.165, 1.54) is 11.0 Å². The van der Waals surface area contributed by atoms with Crippen LogP contribution in [0.3, 0.4) is 0 Å². The molecule has 1 N–H and O–H groups in total. The SMILES string of the molecule is CC[C@H](C)NC(=O)[C@@H](C)N(Cc1ccc(Br)cc1)C(=O)CN(c1cccc(Cl)c1)S(C)(=O)=O. The summed E-state index contributed by atoms with van der Waals surface area (Å²) in [6.07, 6.45) is 1.77. The molecule has 2 aromatic carbocycles. The number of anilines is 1. The second-order valence-corrected chi connectivity index (χ2v) is 11.2. The summed E-state index contributed by atoms with van der Waals surface area (Å²) in [4.78, 5) is 27.7. The number of amides is 2. The van der Waals surface area contributed by atoms with Gasteiger partial charge < -0.3 is 10.2 Å². The van der Waals surface area contributed by atoms with Crippen LogP contribution in [0.5, 0.6) is 0 Å². The standard InChI is InChI=1S/C23H29BrClN3O4S/c1-5-16(2)26-23(30)17(3)27(14-18-9-11-19(24)12-10-18)22(29)15-28(33(4,31)32)21-8-6-7-20(25)13-21/h6-13,16-17H,5,14-15H2,1-4H3,(H,26,30)/t16-,17+/m0/s1. The summed E-state index contributed by atoms with van der Waals surface area (Å²) >= 11 is 9.42. The molecule has 0 bridgehead atoms. The van der Waals surface area contributed by atoms with Gasteiger partial charge in [-0.05, 0) is 56.2 Å². The van der Waals surface area contributed by atoms with Gasteiger partial charge in [0.2, 0.25) is 21.8 Å². The summed E-state index contributed by atoms with van der Waals surface area (Å²) in [5, 5.41) is 3.24. The first-order valence-corrected chi connectivity index (χ1v) is 13.5. The van der Waals surface area contributed by atoms with Crippen molar-refractivity contribution in [2.24, 2.45) is 0 Å². The maximum atomic E-state index is 13.4. The molecule has 0 saturated heterocycles. The minimum Gasteiger partial charge on any atom is -0.352 e. The fraction of sp³-hybridized carbons (Fsp3) is 0.391. The van der Waals surface area contributed by atoms with Gasteiger partial charge >= 0.3 is 0 Å². The van der Waals surface area contributed by atoms with E-state index in [1.807, 2.05) is 38.1 Å². The zero-order valence-corrected chi connectivity index (χ0v) is 22.2. The van der Waals surface area contributed by atoms with E-state index in [2.05, 4.69) is 21.2 Å². The van der Waals surface area contributed by atoms with E-state index in [1.54, 1.807) is 25.1 Å². The van der Waals surface area contributed by atoms with Crippen LogP contribution >= 0.6 is 27.5 Å². The van der Waals surface area contributed by atoms with E-state index in [9.17, 15) is 18.0 Å². The molecule has 2 aromatic rings. The Morgan fingerprint density at radius 1 is 1.12 bits per heavy atom. The molecule has 0 fully saturated rings. The average molecular weight is 559 g/mol.